The van der Waals surface area contributed by atoms with Gasteiger partial charge in [-0.05, 0) is 56.0 Å². The van der Waals surface area contributed by atoms with Gasteiger partial charge in [0, 0.05) is 16.7 Å². The standard InChI is InChI=1S/C16H21BrN2O/c1-11-8-13(17)5-6-14(11)19-15(20)16-7-3-2-4-12(16)9-18-10-16/h5-6,8,12,18H,2-4,7,9-10H2,1H3,(H,19,20)/t12-,16+/m0/s1. The van der Waals surface area contributed by atoms with Crippen LogP contribution in [0.3, 0.4) is 0 Å². The third-order valence-corrected chi connectivity index (χ3v) is 5.42. The number of fused-ring (bicyclic) bond motifs is 1. The molecule has 1 aromatic carbocycles. The predicted octanol–water partition coefficient (Wildman–Crippen LogP) is 3.48. The van der Waals surface area contributed by atoms with Crippen molar-refractivity contribution in [2.24, 2.45) is 11.3 Å². The van der Waals surface area contributed by atoms with E-state index in [1.165, 1.54) is 19.3 Å². The lowest BCUT2D eigenvalue weighted by Crippen LogP contribution is -2.44. The maximum Gasteiger partial charge on any atom is 0.232 e. The van der Waals surface area contributed by atoms with Crippen LogP contribution in [-0.2, 0) is 4.79 Å². The molecule has 1 saturated heterocycles. The number of anilines is 1. The highest BCUT2D eigenvalue weighted by atomic mass is 79.9. The van der Waals surface area contributed by atoms with Crippen LogP contribution in [0.2, 0.25) is 0 Å². The Balaban J connectivity index is 1.81. The second-order valence-corrected chi connectivity index (χ2v) is 7.06. The Morgan fingerprint density at radius 3 is 3.10 bits per heavy atom. The minimum atomic E-state index is -0.183. The summed E-state index contributed by atoms with van der Waals surface area (Å²) in [6.45, 7) is 3.86. The van der Waals surface area contributed by atoms with Crippen LogP contribution < -0.4 is 10.6 Å². The van der Waals surface area contributed by atoms with E-state index in [0.29, 0.717) is 5.92 Å². The number of nitrogens with one attached hydrogen (secondary N) is 2. The Labute approximate surface area is 128 Å². The van der Waals surface area contributed by atoms with E-state index in [9.17, 15) is 4.79 Å². The zero-order valence-corrected chi connectivity index (χ0v) is 13.4. The van der Waals surface area contributed by atoms with Gasteiger partial charge in [-0.3, -0.25) is 4.79 Å². The van der Waals surface area contributed by atoms with Gasteiger partial charge >= 0.3 is 0 Å². The first kappa shape index (κ1) is 14.1. The molecule has 2 N–H and O–H groups in total. The van der Waals surface area contributed by atoms with Crippen LogP contribution >= 0.6 is 15.9 Å². The molecule has 3 rings (SSSR count). The number of benzene rings is 1. The normalized spacial score (nSPS) is 29.0. The van der Waals surface area contributed by atoms with Crippen LogP contribution in [0.1, 0.15) is 31.2 Å². The Kier molecular flexibility index (Phi) is 3.87. The highest BCUT2D eigenvalue weighted by Gasteiger charge is 2.49. The summed E-state index contributed by atoms with van der Waals surface area (Å²) in [5.41, 5.74) is 1.85. The molecule has 2 aliphatic rings. The van der Waals surface area contributed by atoms with Crippen molar-refractivity contribution in [3.8, 4) is 0 Å². The summed E-state index contributed by atoms with van der Waals surface area (Å²) in [6, 6.07) is 6.00. The SMILES string of the molecule is Cc1cc(Br)ccc1NC(=O)[C@@]12CCCC[C@H]1CNC2. The second kappa shape index (κ2) is 5.49. The molecule has 1 amide bonds. The molecule has 0 aromatic heterocycles. The smallest absolute Gasteiger partial charge is 0.232 e. The van der Waals surface area contributed by atoms with Crippen molar-refractivity contribution in [2.75, 3.05) is 18.4 Å². The van der Waals surface area contributed by atoms with E-state index in [-0.39, 0.29) is 11.3 Å². The van der Waals surface area contributed by atoms with Crippen molar-refractivity contribution < 1.29 is 4.79 Å². The van der Waals surface area contributed by atoms with Gasteiger partial charge < -0.3 is 10.6 Å². The Bertz CT molecular complexity index is 531. The van der Waals surface area contributed by atoms with Gasteiger partial charge in [-0.25, -0.2) is 0 Å². The molecule has 2 atom stereocenters. The van der Waals surface area contributed by atoms with E-state index in [0.717, 1.165) is 35.2 Å². The Morgan fingerprint density at radius 1 is 1.45 bits per heavy atom. The number of amides is 1. The average Bonchev–Trinajstić information content (AvgIpc) is 2.87. The van der Waals surface area contributed by atoms with E-state index in [4.69, 9.17) is 0 Å². The fourth-order valence-corrected chi connectivity index (χ4v) is 4.18. The minimum Gasteiger partial charge on any atom is -0.325 e. The first-order valence-corrected chi connectivity index (χ1v) is 8.19. The van der Waals surface area contributed by atoms with Gasteiger partial charge in [0.25, 0.3) is 0 Å². The van der Waals surface area contributed by atoms with Gasteiger partial charge in [0.15, 0.2) is 0 Å². The topological polar surface area (TPSA) is 41.1 Å². The third-order valence-electron chi connectivity index (χ3n) is 4.93. The molecule has 20 heavy (non-hydrogen) atoms. The van der Waals surface area contributed by atoms with E-state index in [1.807, 2.05) is 25.1 Å². The summed E-state index contributed by atoms with van der Waals surface area (Å²) in [5, 5.41) is 6.60. The molecule has 1 saturated carbocycles. The van der Waals surface area contributed by atoms with E-state index in [2.05, 4.69) is 26.6 Å². The van der Waals surface area contributed by atoms with Crippen molar-refractivity contribution in [3.05, 3.63) is 28.2 Å². The first-order chi connectivity index (χ1) is 9.62. The molecule has 108 valence electrons. The van der Waals surface area contributed by atoms with Crippen molar-refractivity contribution >= 4 is 27.5 Å². The number of hydrogen-bond acceptors (Lipinski definition) is 2. The summed E-state index contributed by atoms with van der Waals surface area (Å²) in [6.07, 6.45) is 4.63. The molecule has 2 fully saturated rings. The molecular weight excluding hydrogens is 316 g/mol. The highest BCUT2D eigenvalue weighted by Crippen LogP contribution is 2.44. The first-order valence-electron chi connectivity index (χ1n) is 7.40. The van der Waals surface area contributed by atoms with Crippen LogP contribution in [0.25, 0.3) is 0 Å². The van der Waals surface area contributed by atoms with Gasteiger partial charge in [-0.1, -0.05) is 28.8 Å². The van der Waals surface area contributed by atoms with Crippen LogP contribution in [0.15, 0.2) is 22.7 Å². The number of rotatable bonds is 2. The summed E-state index contributed by atoms with van der Waals surface area (Å²) >= 11 is 3.46. The molecule has 0 unspecified atom stereocenters. The van der Waals surface area contributed by atoms with E-state index >= 15 is 0 Å². The molecular formula is C16H21BrN2O. The Hall–Kier alpha value is -0.870. The number of carbonyl (C=O) groups is 1. The third kappa shape index (κ3) is 2.40. The summed E-state index contributed by atoms with van der Waals surface area (Å²) in [5.74, 6) is 0.713. The number of carbonyl (C=O) groups excluding carboxylic acids is 1. The lowest BCUT2D eigenvalue weighted by molar-refractivity contribution is -0.128. The van der Waals surface area contributed by atoms with Crippen molar-refractivity contribution in [1.29, 1.82) is 0 Å². The number of halogens is 1. The summed E-state index contributed by atoms with van der Waals surface area (Å²) < 4.78 is 1.05. The molecule has 1 heterocycles. The zero-order valence-electron chi connectivity index (χ0n) is 11.8. The predicted molar refractivity (Wildman–Crippen MR) is 84.8 cm³/mol. The molecule has 1 aromatic rings. The summed E-state index contributed by atoms with van der Waals surface area (Å²) in [7, 11) is 0. The van der Waals surface area contributed by atoms with Crippen LogP contribution in [0.5, 0.6) is 0 Å². The fourth-order valence-electron chi connectivity index (χ4n) is 3.70. The van der Waals surface area contributed by atoms with Gasteiger partial charge in [-0.15, -0.1) is 0 Å². The lowest BCUT2D eigenvalue weighted by atomic mass is 9.67. The second-order valence-electron chi connectivity index (χ2n) is 6.14. The largest absolute Gasteiger partial charge is 0.325 e. The van der Waals surface area contributed by atoms with Crippen molar-refractivity contribution in [2.45, 2.75) is 32.6 Å². The van der Waals surface area contributed by atoms with Gasteiger partial charge in [0.05, 0.1) is 5.41 Å². The molecule has 1 aliphatic heterocycles. The lowest BCUT2D eigenvalue weighted by Gasteiger charge is -2.37. The van der Waals surface area contributed by atoms with Crippen molar-refractivity contribution in [1.82, 2.24) is 5.32 Å². The Morgan fingerprint density at radius 2 is 2.30 bits per heavy atom. The monoisotopic (exact) mass is 336 g/mol. The minimum absolute atomic E-state index is 0.183. The number of aryl methyl sites for hydroxylation is 1. The molecule has 0 radical (unpaired) electrons. The maximum absolute atomic E-state index is 12.8. The molecule has 4 heteroatoms. The van der Waals surface area contributed by atoms with Crippen LogP contribution in [-0.4, -0.2) is 19.0 Å². The van der Waals surface area contributed by atoms with Crippen molar-refractivity contribution in [3.63, 3.8) is 0 Å². The van der Waals surface area contributed by atoms with Gasteiger partial charge in [0.1, 0.15) is 0 Å². The van der Waals surface area contributed by atoms with E-state index < -0.39 is 0 Å². The zero-order chi connectivity index (χ0) is 14.2. The average molecular weight is 337 g/mol. The molecule has 1 aliphatic carbocycles. The van der Waals surface area contributed by atoms with Crippen LogP contribution in [0.4, 0.5) is 5.69 Å². The summed E-state index contributed by atoms with van der Waals surface area (Å²) in [4.78, 5) is 12.8. The fraction of sp³-hybridized carbons (Fsp3) is 0.562. The van der Waals surface area contributed by atoms with Gasteiger partial charge in [-0.2, -0.15) is 0 Å². The highest BCUT2D eigenvalue weighted by molar-refractivity contribution is 9.10. The molecule has 3 nitrogen and oxygen atoms in total. The van der Waals surface area contributed by atoms with Crippen LogP contribution in [0, 0.1) is 18.3 Å². The van der Waals surface area contributed by atoms with Gasteiger partial charge in [0.2, 0.25) is 5.91 Å². The quantitative estimate of drug-likeness (QED) is 0.868. The number of hydrogen-bond donors (Lipinski definition) is 2. The van der Waals surface area contributed by atoms with E-state index in [1.54, 1.807) is 0 Å². The molecule has 0 spiro atoms. The molecule has 0 bridgehead atoms. The maximum atomic E-state index is 12.8.